The largest absolute Gasteiger partial charge is 0.268 e. The minimum Gasteiger partial charge on any atom is -0.268 e. The van der Waals surface area contributed by atoms with Gasteiger partial charge in [-0.15, -0.1) is 11.3 Å². The van der Waals surface area contributed by atoms with E-state index in [0.29, 0.717) is 10.9 Å². The van der Waals surface area contributed by atoms with E-state index in [0.717, 1.165) is 10.9 Å². The molecule has 0 bridgehead atoms. The normalized spacial score (nSPS) is 12.0. The van der Waals surface area contributed by atoms with E-state index in [9.17, 15) is 12.8 Å². The van der Waals surface area contributed by atoms with Gasteiger partial charge in [0.25, 0.3) is 10.0 Å². The lowest BCUT2D eigenvalue weighted by molar-refractivity contribution is 0.571. The molecule has 0 fully saturated rings. The number of hydrogen-bond acceptors (Lipinski definition) is 5. The number of sulfonamides is 1. The van der Waals surface area contributed by atoms with Crippen LogP contribution in [0.25, 0.3) is 10.9 Å². The first kappa shape index (κ1) is 14.0. The quantitative estimate of drug-likeness (QED) is 0.801. The molecule has 0 spiro atoms. The van der Waals surface area contributed by atoms with Gasteiger partial charge in [-0.3, -0.25) is 9.40 Å². The summed E-state index contributed by atoms with van der Waals surface area (Å²) in [6.07, 6.45) is 3.03. The third-order valence-electron chi connectivity index (χ3n) is 2.93. The van der Waals surface area contributed by atoms with E-state index >= 15 is 0 Å². The van der Waals surface area contributed by atoms with Crippen molar-refractivity contribution in [3.05, 3.63) is 35.2 Å². The summed E-state index contributed by atoms with van der Waals surface area (Å²) in [5.41, 5.74) is 0.525. The fraction of sp³-hybridized carbons (Fsp3) is 0.167. The molecule has 2 aromatic heterocycles. The predicted octanol–water partition coefficient (Wildman–Crippen LogP) is 2.28. The van der Waals surface area contributed by atoms with Crippen molar-refractivity contribution >= 4 is 37.4 Å². The van der Waals surface area contributed by atoms with Gasteiger partial charge < -0.3 is 0 Å². The van der Waals surface area contributed by atoms with E-state index in [1.807, 2.05) is 0 Å². The third kappa shape index (κ3) is 2.49. The molecule has 0 aliphatic carbocycles. The maximum Gasteiger partial charge on any atom is 0.266 e. The average molecular weight is 326 g/mol. The lowest BCUT2D eigenvalue weighted by atomic mass is 10.2. The lowest BCUT2D eigenvalue weighted by Gasteiger charge is -2.07. The van der Waals surface area contributed by atoms with Crippen LogP contribution < -0.4 is 4.72 Å². The van der Waals surface area contributed by atoms with Crippen molar-refractivity contribution in [3.63, 3.8) is 0 Å². The Balaban J connectivity index is 2.07. The number of fused-ring (bicyclic) bond motifs is 1. The maximum absolute atomic E-state index is 14.1. The summed E-state index contributed by atoms with van der Waals surface area (Å²) in [4.78, 5) is 4.35. The number of nitrogens with one attached hydrogen (secondary N) is 1. The van der Waals surface area contributed by atoms with Crippen molar-refractivity contribution in [3.8, 4) is 0 Å². The lowest BCUT2D eigenvalue weighted by Crippen LogP contribution is -2.14. The molecule has 0 unspecified atom stereocenters. The van der Waals surface area contributed by atoms with Gasteiger partial charge in [0.2, 0.25) is 0 Å². The molecule has 3 aromatic rings. The minimum atomic E-state index is -4.03. The van der Waals surface area contributed by atoms with Gasteiger partial charge in [0, 0.05) is 29.6 Å². The highest BCUT2D eigenvalue weighted by Crippen LogP contribution is 2.25. The van der Waals surface area contributed by atoms with Crippen molar-refractivity contribution in [2.75, 3.05) is 4.72 Å². The van der Waals surface area contributed by atoms with E-state index in [-0.39, 0.29) is 5.13 Å². The number of nitrogens with zero attached hydrogens (tertiary/aromatic N) is 3. The second-order valence-corrected chi connectivity index (χ2v) is 7.38. The van der Waals surface area contributed by atoms with Crippen molar-refractivity contribution in [1.82, 2.24) is 14.8 Å². The zero-order valence-electron chi connectivity index (χ0n) is 11.2. The van der Waals surface area contributed by atoms with Crippen LogP contribution in [0, 0.1) is 12.7 Å². The van der Waals surface area contributed by atoms with Crippen molar-refractivity contribution < 1.29 is 12.8 Å². The van der Waals surface area contributed by atoms with Gasteiger partial charge in [-0.25, -0.2) is 17.8 Å². The smallest absolute Gasteiger partial charge is 0.266 e. The van der Waals surface area contributed by atoms with E-state index in [1.54, 1.807) is 20.2 Å². The summed E-state index contributed by atoms with van der Waals surface area (Å²) < 4.78 is 42.4. The van der Waals surface area contributed by atoms with Crippen molar-refractivity contribution in [2.45, 2.75) is 11.8 Å². The molecule has 0 atom stereocenters. The summed E-state index contributed by atoms with van der Waals surface area (Å²) in [6, 6.07) is 2.42. The number of aryl methyl sites for hydroxylation is 2. The summed E-state index contributed by atoms with van der Waals surface area (Å²) >= 11 is 1.18. The predicted molar refractivity (Wildman–Crippen MR) is 78.3 cm³/mol. The molecule has 0 aliphatic heterocycles. The Bertz CT molecular complexity index is 930. The Morgan fingerprint density at radius 1 is 1.33 bits per heavy atom. The van der Waals surface area contributed by atoms with Crippen LogP contribution in [-0.2, 0) is 17.1 Å². The van der Waals surface area contributed by atoms with Crippen LogP contribution in [0.2, 0.25) is 0 Å². The van der Waals surface area contributed by atoms with Gasteiger partial charge in [-0.2, -0.15) is 5.10 Å². The highest BCUT2D eigenvalue weighted by molar-refractivity contribution is 7.93. The van der Waals surface area contributed by atoms with Crippen LogP contribution in [-0.4, -0.2) is 23.2 Å². The summed E-state index contributed by atoms with van der Waals surface area (Å²) in [5.74, 6) is -0.827. The standard InChI is InChI=1S/C12H11FN4O2S2/c1-7-5-14-12(20-7)16-21(18,19)11-3-8-6-15-17(2)10(8)4-9(11)13/h3-6H,1-2H3,(H,14,16). The van der Waals surface area contributed by atoms with E-state index in [1.165, 1.54) is 28.3 Å². The molecule has 2 heterocycles. The van der Waals surface area contributed by atoms with Gasteiger partial charge in [-0.05, 0) is 13.0 Å². The number of halogens is 1. The Morgan fingerprint density at radius 3 is 2.76 bits per heavy atom. The fourth-order valence-corrected chi connectivity index (χ4v) is 3.93. The number of aromatic nitrogens is 3. The Labute approximate surface area is 124 Å². The van der Waals surface area contributed by atoms with Crippen LogP contribution in [0.5, 0.6) is 0 Å². The third-order valence-corrected chi connectivity index (χ3v) is 5.24. The number of thiazole rings is 1. The summed E-state index contributed by atoms with van der Waals surface area (Å²) in [7, 11) is -2.37. The van der Waals surface area contributed by atoms with Gasteiger partial charge in [-0.1, -0.05) is 0 Å². The molecule has 9 heteroatoms. The molecule has 1 N–H and O–H groups in total. The average Bonchev–Trinajstić information content (AvgIpc) is 2.95. The number of benzene rings is 1. The van der Waals surface area contributed by atoms with Gasteiger partial charge in [0.05, 0.1) is 11.7 Å². The Kier molecular flexibility index (Phi) is 3.18. The van der Waals surface area contributed by atoms with Crippen molar-refractivity contribution in [2.24, 2.45) is 7.05 Å². The molecule has 0 saturated carbocycles. The zero-order valence-corrected chi connectivity index (χ0v) is 12.8. The molecule has 6 nitrogen and oxygen atoms in total. The zero-order chi connectivity index (χ0) is 15.2. The second kappa shape index (κ2) is 4.78. The highest BCUT2D eigenvalue weighted by atomic mass is 32.2. The van der Waals surface area contributed by atoms with Crippen LogP contribution in [0.1, 0.15) is 4.88 Å². The van der Waals surface area contributed by atoms with Crippen LogP contribution in [0.4, 0.5) is 9.52 Å². The van der Waals surface area contributed by atoms with E-state index < -0.39 is 20.7 Å². The molecular weight excluding hydrogens is 315 g/mol. The first-order valence-electron chi connectivity index (χ1n) is 5.93. The van der Waals surface area contributed by atoms with E-state index in [4.69, 9.17) is 0 Å². The van der Waals surface area contributed by atoms with Gasteiger partial charge in [0.1, 0.15) is 10.7 Å². The molecule has 3 rings (SSSR count). The first-order chi connectivity index (χ1) is 9.87. The van der Waals surface area contributed by atoms with Crippen molar-refractivity contribution in [1.29, 1.82) is 0 Å². The van der Waals surface area contributed by atoms with Gasteiger partial charge >= 0.3 is 0 Å². The minimum absolute atomic E-state index is 0.207. The topological polar surface area (TPSA) is 76.9 Å². The number of anilines is 1. The maximum atomic E-state index is 14.1. The first-order valence-corrected chi connectivity index (χ1v) is 8.23. The molecule has 0 amide bonds. The summed E-state index contributed by atoms with van der Waals surface area (Å²) in [5, 5.41) is 4.73. The molecule has 0 radical (unpaired) electrons. The molecule has 0 saturated heterocycles. The molecule has 110 valence electrons. The molecular formula is C12H11FN4O2S2. The Hall–Kier alpha value is -2.00. The second-order valence-electron chi connectivity index (χ2n) is 4.49. The molecule has 1 aromatic carbocycles. The fourth-order valence-electron chi connectivity index (χ4n) is 1.93. The SMILES string of the molecule is Cc1cnc(NS(=O)(=O)c2cc3cnn(C)c3cc2F)s1. The monoisotopic (exact) mass is 326 g/mol. The molecule has 21 heavy (non-hydrogen) atoms. The molecule has 0 aliphatic rings. The van der Waals surface area contributed by atoms with Crippen LogP contribution >= 0.6 is 11.3 Å². The van der Waals surface area contributed by atoms with Crippen LogP contribution in [0.15, 0.2) is 29.4 Å². The highest BCUT2D eigenvalue weighted by Gasteiger charge is 2.22. The number of hydrogen-bond donors (Lipinski definition) is 1. The van der Waals surface area contributed by atoms with E-state index in [2.05, 4.69) is 14.8 Å². The Morgan fingerprint density at radius 2 is 2.10 bits per heavy atom. The number of rotatable bonds is 3. The summed E-state index contributed by atoms with van der Waals surface area (Å²) in [6.45, 7) is 1.80. The van der Waals surface area contributed by atoms with Gasteiger partial charge in [0.15, 0.2) is 5.13 Å². The van der Waals surface area contributed by atoms with Crippen LogP contribution in [0.3, 0.4) is 0 Å².